The van der Waals surface area contributed by atoms with Gasteiger partial charge in [-0.2, -0.15) is 0 Å². The van der Waals surface area contributed by atoms with Crippen molar-refractivity contribution in [1.29, 1.82) is 0 Å². The molecule has 17 heavy (non-hydrogen) atoms. The molecule has 1 saturated heterocycles. The van der Waals surface area contributed by atoms with Crippen LogP contribution in [0.5, 0.6) is 0 Å². The maximum absolute atomic E-state index is 11.9. The van der Waals surface area contributed by atoms with Crippen molar-refractivity contribution < 1.29 is 14.3 Å². The molecule has 1 aromatic rings. The van der Waals surface area contributed by atoms with Gasteiger partial charge in [0.05, 0.1) is 6.61 Å². The van der Waals surface area contributed by atoms with E-state index in [-0.39, 0.29) is 11.9 Å². The highest BCUT2D eigenvalue weighted by Gasteiger charge is 2.28. The highest BCUT2D eigenvalue weighted by molar-refractivity contribution is 5.97. The van der Waals surface area contributed by atoms with Crippen molar-refractivity contribution in [3.63, 3.8) is 0 Å². The minimum atomic E-state index is -0.524. The first kappa shape index (κ1) is 11.6. The molecule has 0 spiro atoms. The Hall–Kier alpha value is -1.88. The molecule has 0 aliphatic carbocycles. The Balaban J connectivity index is 2.06. The molecule has 1 amide bonds. The summed E-state index contributed by atoms with van der Waals surface area (Å²) in [7, 11) is 0. The Bertz CT molecular complexity index is 445. The number of carbonyl (C=O) groups is 2. The van der Waals surface area contributed by atoms with Gasteiger partial charge in [0.15, 0.2) is 0 Å². The molecule has 0 bridgehead atoms. The Kier molecular flexibility index (Phi) is 3.39. The van der Waals surface area contributed by atoms with Gasteiger partial charge in [-0.15, -0.1) is 0 Å². The average Bonchev–Trinajstić information content (AvgIpc) is 2.75. The summed E-state index contributed by atoms with van der Waals surface area (Å²) >= 11 is 0. The Labute approximate surface area is 98.9 Å². The average molecular weight is 234 g/mol. The molecule has 5 nitrogen and oxygen atoms in total. The molecular weight excluding hydrogens is 220 g/mol. The van der Waals surface area contributed by atoms with Crippen molar-refractivity contribution in [3.05, 3.63) is 35.4 Å². The quantitative estimate of drug-likeness (QED) is 0.731. The molecule has 0 unspecified atom stereocenters. The molecule has 1 aliphatic rings. The van der Waals surface area contributed by atoms with Crippen LogP contribution in [0.2, 0.25) is 0 Å². The van der Waals surface area contributed by atoms with Crippen LogP contribution in [-0.2, 0) is 16.1 Å². The number of nitrogens with two attached hydrogens (primary N) is 1. The van der Waals surface area contributed by atoms with Crippen LogP contribution in [0.1, 0.15) is 22.3 Å². The maximum atomic E-state index is 11.9. The fraction of sp³-hybridized carbons (Fsp3) is 0.333. The number of rotatable bonds is 3. The van der Waals surface area contributed by atoms with Gasteiger partial charge in [0.2, 0.25) is 0 Å². The van der Waals surface area contributed by atoms with E-state index < -0.39 is 6.04 Å². The molecule has 1 aromatic carbocycles. The lowest BCUT2D eigenvalue weighted by Crippen LogP contribution is -2.37. The number of carbonyl (C=O) groups excluding carboxylic acids is 2. The molecule has 1 fully saturated rings. The standard InChI is InChI=1S/C12H14N2O3/c13-7-8-2-1-3-9(6-8)11(15)14-10-4-5-17-12(10)16/h1-3,6,10H,4-5,7,13H2,(H,14,15)/t10-/m0/s1. The molecule has 90 valence electrons. The van der Waals surface area contributed by atoms with Crippen molar-refractivity contribution in [2.75, 3.05) is 6.61 Å². The fourth-order valence-corrected chi connectivity index (χ4v) is 1.71. The second kappa shape index (κ2) is 4.97. The predicted molar refractivity (Wildman–Crippen MR) is 61.2 cm³/mol. The molecule has 5 heteroatoms. The van der Waals surface area contributed by atoms with Gasteiger partial charge >= 0.3 is 5.97 Å². The van der Waals surface area contributed by atoms with Crippen LogP contribution < -0.4 is 11.1 Å². The van der Waals surface area contributed by atoms with Crippen LogP contribution in [0.25, 0.3) is 0 Å². The number of cyclic esters (lactones) is 1. The molecule has 0 aromatic heterocycles. The van der Waals surface area contributed by atoms with E-state index in [1.807, 2.05) is 6.07 Å². The topological polar surface area (TPSA) is 81.4 Å². The van der Waals surface area contributed by atoms with E-state index in [0.29, 0.717) is 25.1 Å². The van der Waals surface area contributed by atoms with Crippen LogP contribution in [-0.4, -0.2) is 24.5 Å². The molecule has 1 heterocycles. The van der Waals surface area contributed by atoms with E-state index in [4.69, 9.17) is 10.5 Å². The lowest BCUT2D eigenvalue weighted by molar-refractivity contribution is -0.139. The van der Waals surface area contributed by atoms with Gasteiger partial charge in [-0.05, 0) is 17.7 Å². The summed E-state index contributed by atoms with van der Waals surface area (Å²) in [5.41, 5.74) is 6.89. The first-order valence-corrected chi connectivity index (χ1v) is 5.47. The minimum Gasteiger partial charge on any atom is -0.464 e. The molecule has 0 radical (unpaired) electrons. The van der Waals surface area contributed by atoms with E-state index in [9.17, 15) is 9.59 Å². The number of esters is 1. The smallest absolute Gasteiger partial charge is 0.328 e. The molecule has 2 rings (SSSR count). The van der Waals surface area contributed by atoms with Crippen LogP contribution in [0.3, 0.4) is 0 Å². The number of ether oxygens (including phenoxy) is 1. The summed E-state index contributed by atoms with van der Waals surface area (Å²) < 4.78 is 4.77. The summed E-state index contributed by atoms with van der Waals surface area (Å²) in [6, 6.07) is 6.50. The second-order valence-electron chi connectivity index (χ2n) is 3.89. The Morgan fingerprint density at radius 3 is 3.00 bits per heavy atom. The predicted octanol–water partition coefficient (Wildman–Crippen LogP) is 0.191. The van der Waals surface area contributed by atoms with Crippen molar-refractivity contribution in [2.45, 2.75) is 19.0 Å². The third-order valence-electron chi connectivity index (χ3n) is 2.67. The molecular formula is C12H14N2O3. The number of hydrogen-bond acceptors (Lipinski definition) is 4. The van der Waals surface area contributed by atoms with Gasteiger partial charge in [-0.3, -0.25) is 4.79 Å². The molecule has 0 saturated carbocycles. The SMILES string of the molecule is NCc1cccc(C(=O)N[C@H]2CCOC2=O)c1. The van der Waals surface area contributed by atoms with Crippen molar-refractivity contribution in [2.24, 2.45) is 5.73 Å². The highest BCUT2D eigenvalue weighted by Crippen LogP contribution is 2.09. The van der Waals surface area contributed by atoms with E-state index in [2.05, 4.69) is 5.32 Å². The lowest BCUT2D eigenvalue weighted by atomic mass is 10.1. The van der Waals surface area contributed by atoms with Crippen molar-refractivity contribution in [1.82, 2.24) is 5.32 Å². The Morgan fingerprint density at radius 2 is 2.35 bits per heavy atom. The van der Waals surface area contributed by atoms with Gasteiger partial charge < -0.3 is 15.8 Å². The van der Waals surface area contributed by atoms with Gasteiger partial charge in [0, 0.05) is 18.5 Å². The molecule has 1 aliphatic heterocycles. The normalized spacial score (nSPS) is 18.9. The maximum Gasteiger partial charge on any atom is 0.328 e. The van der Waals surface area contributed by atoms with E-state index in [1.165, 1.54) is 0 Å². The van der Waals surface area contributed by atoms with Crippen molar-refractivity contribution in [3.8, 4) is 0 Å². The summed E-state index contributed by atoms with van der Waals surface area (Å²) in [6.45, 7) is 0.749. The number of amides is 1. The van der Waals surface area contributed by atoms with Gasteiger partial charge in [-0.1, -0.05) is 12.1 Å². The van der Waals surface area contributed by atoms with E-state index >= 15 is 0 Å². The summed E-state index contributed by atoms with van der Waals surface area (Å²) in [5, 5.41) is 2.64. The van der Waals surface area contributed by atoms with Gasteiger partial charge in [-0.25, -0.2) is 4.79 Å². The van der Waals surface area contributed by atoms with Gasteiger partial charge in [0.25, 0.3) is 5.91 Å². The fourth-order valence-electron chi connectivity index (χ4n) is 1.71. The zero-order valence-electron chi connectivity index (χ0n) is 9.31. The number of nitrogens with one attached hydrogen (secondary N) is 1. The third kappa shape index (κ3) is 2.62. The van der Waals surface area contributed by atoms with E-state index in [0.717, 1.165) is 5.56 Å². The number of hydrogen-bond donors (Lipinski definition) is 2. The van der Waals surface area contributed by atoms with E-state index in [1.54, 1.807) is 18.2 Å². The van der Waals surface area contributed by atoms with Gasteiger partial charge in [0.1, 0.15) is 6.04 Å². The first-order chi connectivity index (χ1) is 8.20. The Morgan fingerprint density at radius 1 is 1.53 bits per heavy atom. The third-order valence-corrected chi connectivity index (χ3v) is 2.67. The van der Waals surface area contributed by atoms with Crippen LogP contribution in [0, 0.1) is 0 Å². The minimum absolute atomic E-state index is 0.274. The number of benzene rings is 1. The summed E-state index contributed by atoms with van der Waals surface area (Å²) in [6.07, 6.45) is 0.529. The van der Waals surface area contributed by atoms with Crippen LogP contribution in [0.4, 0.5) is 0 Å². The zero-order chi connectivity index (χ0) is 12.3. The summed E-state index contributed by atoms with van der Waals surface area (Å²) in [4.78, 5) is 23.1. The highest BCUT2D eigenvalue weighted by atomic mass is 16.5. The summed E-state index contributed by atoms with van der Waals surface area (Å²) in [5.74, 6) is -0.641. The second-order valence-corrected chi connectivity index (χ2v) is 3.89. The lowest BCUT2D eigenvalue weighted by Gasteiger charge is -2.09. The van der Waals surface area contributed by atoms with Crippen LogP contribution >= 0.6 is 0 Å². The largest absolute Gasteiger partial charge is 0.464 e. The van der Waals surface area contributed by atoms with Crippen LogP contribution in [0.15, 0.2) is 24.3 Å². The first-order valence-electron chi connectivity index (χ1n) is 5.47. The monoisotopic (exact) mass is 234 g/mol. The zero-order valence-corrected chi connectivity index (χ0v) is 9.31. The molecule has 3 N–H and O–H groups in total. The van der Waals surface area contributed by atoms with Crippen molar-refractivity contribution >= 4 is 11.9 Å². The molecule has 1 atom stereocenters.